The summed E-state index contributed by atoms with van der Waals surface area (Å²) < 4.78 is 0. The van der Waals surface area contributed by atoms with E-state index >= 15 is 0 Å². The van der Waals surface area contributed by atoms with Gasteiger partial charge in [0.1, 0.15) is 0 Å². The van der Waals surface area contributed by atoms with Gasteiger partial charge in [0.05, 0.1) is 39.1 Å². The van der Waals surface area contributed by atoms with E-state index in [0.29, 0.717) is 0 Å². The number of aliphatic hydroxyl groups excluding tert-OH is 1. The Morgan fingerprint density at radius 1 is 1.37 bits per heavy atom. The molecule has 0 amide bonds. The standard InChI is InChI=1S/C10H12ClN3O5/c1-6-9(12-5-8(15)4-11)2-7(13(16)17)3-10(6)14(18)19/h2-3,8,12,15H,4-5H2,1H3. The molecule has 1 unspecified atom stereocenters. The molecule has 0 saturated heterocycles. The number of hydrogen-bond donors (Lipinski definition) is 2. The summed E-state index contributed by atoms with van der Waals surface area (Å²) in [6.07, 6.45) is -0.848. The summed E-state index contributed by atoms with van der Waals surface area (Å²) in [4.78, 5) is 20.1. The number of anilines is 1. The zero-order valence-electron chi connectivity index (χ0n) is 10.00. The minimum atomic E-state index is -0.848. The van der Waals surface area contributed by atoms with Crippen molar-refractivity contribution >= 4 is 28.7 Å². The fraction of sp³-hybridized carbons (Fsp3) is 0.400. The number of aliphatic hydroxyl groups is 1. The van der Waals surface area contributed by atoms with Crippen molar-refractivity contribution in [3.8, 4) is 0 Å². The summed E-state index contributed by atoms with van der Waals surface area (Å²) in [6.45, 7) is 1.51. The van der Waals surface area contributed by atoms with Gasteiger partial charge in [-0.3, -0.25) is 20.2 Å². The number of nitro benzene ring substituents is 2. The summed E-state index contributed by atoms with van der Waals surface area (Å²) in [6, 6.07) is 2.09. The average molecular weight is 290 g/mol. The van der Waals surface area contributed by atoms with Gasteiger partial charge in [0.25, 0.3) is 11.4 Å². The Balaban J connectivity index is 3.14. The summed E-state index contributed by atoms with van der Waals surface area (Å²) >= 11 is 5.41. The van der Waals surface area contributed by atoms with Crippen molar-refractivity contribution in [1.29, 1.82) is 0 Å². The largest absolute Gasteiger partial charge is 0.390 e. The lowest BCUT2D eigenvalue weighted by molar-refractivity contribution is -0.394. The second-order valence-corrected chi connectivity index (χ2v) is 4.15. The molecule has 2 N–H and O–H groups in total. The molecule has 1 aromatic rings. The molecule has 0 radical (unpaired) electrons. The molecule has 0 aliphatic carbocycles. The first-order valence-electron chi connectivity index (χ1n) is 5.28. The number of nitrogens with zero attached hydrogens (tertiary/aromatic N) is 2. The summed E-state index contributed by atoms with van der Waals surface area (Å²) in [7, 11) is 0. The third-order valence-corrected chi connectivity index (χ3v) is 2.84. The lowest BCUT2D eigenvalue weighted by atomic mass is 10.1. The SMILES string of the molecule is Cc1c(NCC(O)CCl)cc([N+](=O)[O-])cc1[N+](=O)[O-]. The second kappa shape index (κ2) is 6.30. The molecular weight excluding hydrogens is 278 g/mol. The highest BCUT2D eigenvalue weighted by molar-refractivity contribution is 6.18. The highest BCUT2D eigenvalue weighted by Gasteiger charge is 2.21. The molecule has 104 valence electrons. The Kier molecular flexibility index (Phi) is 5.02. The average Bonchev–Trinajstić information content (AvgIpc) is 2.36. The maximum atomic E-state index is 10.8. The van der Waals surface area contributed by atoms with E-state index in [2.05, 4.69) is 5.32 Å². The van der Waals surface area contributed by atoms with E-state index in [1.165, 1.54) is 13.0 Å². The highest BCUT2D eigenvalue weighted by atomic mass is 35.5. The molecular formula is C10H12ClN3O5. The van der Waals surface area contributed by atoms with Crippen molar-refractivity contribution in [2.24, 2.45) is 0 Å². The Bertz CT molecular complexity index is 508. The second-order valence-electron chi connectivity index (χ2n) is 3.84. The molecule has 8 nitrogen and oxygen atoms in total. The Morgan fingerprint density at radius 2 is 2.00 bits per heavy atom. The smallest absolute Gasteiger partial charge is 0.281 e. The van der Waals surface area contributed by atoms with Gasteiger partial charge in [0.2, 0.25) is 0 Å². The molecule has 0 saturated carbocycles. The van der Waals surface area contributed by atoms with Crippen LogP contribution in [0.1, 0.15) is 5.56 Å². The molecule has 0 heterocycles. The molecule has 1 aromatic carbocycles. The molecule has 0 aliphatic heterocycles. The van der Waals surface area contributed by atoms with Crippen LogP contribution in [0.25, 0.3) is 0 Å². The third-order valence-electron chi connectivity index (χ3n) is 2.48. The van der Waals surface area contributed by atoms with E-state index in [1.807, 2.05) is 0 Å². The van der Waals surface area contributed by atoms with Crippen LogP contribution in [0, 0.1) is 27.2 Å². The van der Waals surface area contributed by atoms with Gasteiger partial charge in [0.15, 0.2) is 0 Å². The predicted molar refractivity (Wildman–Crippen MR) is 69.7 cm³/mol. The van der Waals surface area contributed by atoms with Crippen LogP contribution in [0.2, 0.25) is 0 Å². The first kappa shape index (κ1) is 15.1. The van der Waals surface area contributed by atoms with Crippen molar-refractivity contribution < 1.29 is 15.0 Å². The number of hydrogen-bond acceptors (Lipinski definition) is 6. The van der Waals surface area contributed by atoms with Gasteiger partial charge in [-0.05, 0) is 6.92 Å². The number of benzene rings is 1. The molecule has 0 spiro atoms. The van der Waals surface area contributed by atoms with Crippen molar-refractivity contribution in [3.05, 3.63) is 37.9 Å². The zero-order chi connectivity index (χ0) is 14.6. The molecule has 0 aliphatic rings. The van der Waals surface area contributed by atoms with Crippen LogP contribution < -0.4 is 5.32 Å². The molecule has 1 atom stereocenters. The van der Waals surface area contributed by atoms with E-state index in [0.717, 1.165) is 6.07 Å². The minimum absolute atomic E-state index is 0.0108. The van der Waals surface area contributed by atoms with Gasteiger partial charge in [-0.25, -0.2) is 0 Å². The lowest BCUT2D eigenvalue weighted by Gasteiger charge is -2.12. The van der Waals surface area contributed by atoms with Crippen LogP contribution in [0.4, 0.5) is 17.1 Å². The first-order chi connectivity index (χ1) is 8.86. The summed E-state index contributed by atoms with van der Waals surface area (Å²) in [5.74, 6) is -0.0108. The van der Waals surface area contributed by atoms with Gasteiger partial charge >= 0.3 is 0 Å². The molecule has 0 fully saturated rings. The van der Waals surface area contributed by atoms with Crippen molar-refractivity contribution in [1.82, 2.24) is 0 Å². The van der Waals surface area contributed by atoms with Crippen LogP contribution in [-0.2, 0) is 0 Å². The fourth-order valence-electron chi connectivity index (χ4n) is 1.45. The monoisotopic (exact) mass is 289 g/mol. The number of nitro groups is 2. The van der Waals surface area contributed by atoms with Crippen LogP contribution in [0.15, 0.2) is 12.1 Å². The maximum Gasteiger partial charge on any atom is 0.281 e. The van der Waals surface area contributed by atoms with E-state index < -0.39 is 16.0 Å². The predicted octanol–water partition coefficient (Wildman–Crippen LogP) is 1.82. The van der Waals surface area contributed by atoms with Crippen LogP contribution in [-0.4, -0.2) is 33.5 Å². The number of alkyl halides is 1. The van der Waals surface area contributed by atoms with Gasteiger partial charge in [-0.2, -0.15) is 0 Å². The number of non-ortho nitro benzene ring substituents is 1. The number of halogens is 1. The maximum absolute atomic E-state index is 10.8. The van der Waals surface area contributed by atoms with E-state index in [4.69, 9.17) is 11.6 Å². The van der Waals surface area contributed by atoms with Crippen molar-refractivity contribution in [2.75, 3.05) is 17.7 Å². The molecule has 0 bridgehead atoms. The number of rotatable bonds is 6. The minimum Gasteiger partial charge on any atom is -0.390 e. The zero-order valence-corrected chi connectivity index (χ0v) is 10.8. The third kappa shape index (κ3) is 3.76. The Labute approximate surface area is 113 Å². The highest BCUT2D eigenvalue weighted by Crippen LogP contribution is 2.31. The molecule has 1 rings (SSSR count). The summed E-state index contributed by atoms with van der Waals surface area (Å²) in [5, 5.41) is 33.6. The van der Waals surface area contributed by atoms with Crippen LogP contribution in [0.5, 0.6) is 0 Å². The fourth-order valence-corrected chi connectivity index (χ4v) is 1.55. The van der Waals surface area contributed by atoms with Crippen molar-refractivity contribution in [2.45, 2.75) is 13.0 Å². The van der Waals surface area contributed by atoms with Gasteiger partial charge < -0.3 is 10.4 Å². The van der Waals surface area contributed by atoms with Crippen LogP contribution in [0.3, 0.4) is 0 Å². The van der Waals surface area contributed by atoms with Crippen LogP contribution >= 0.6 is 11.6 Å². The van der Waals surface area contributed by atoms with E-state index in [1.54, 1.807) is 0 Å². The molecule has 19 heavy (non-hydrogen) atoms. The quantitative estimate of drug-likeness (QED) is 0.468. The van der Waals surface area contributed by atoms with Crippen molar-refractivity contribution in [3.63, 3.8) is 0 Å². The normalized spacial score (nSPS) is 11.9. The first-order valence-corrected chi connectivity index (χ1v) is 5.81. The number of nitrogens with one attached hydrogen (secondary N) is 1. The molecule has 0 aromatic heterocycles. The van der Waals surface area contributed by atoms with Gasteiger partial charge in [-0.1, -0.05) is 0 Å². The Hall–Kier alpha value is -1.93. The summed E-state index contributed by atoms with van der Waals surface area (Å²) in [5.41, 5.74) is -0.250. The molecule has 9 heteroatoms. The van der Waals surface area contributed by atoms with Gasteiger partial charge in [-0.15, -0.1) is 11.6 Å². The van der Waals surface area contributed by atoms with Gasteiger partial charge in [0, 0.05) is 12.6 Å². The van der Waals surface area contributed by atoms with E-state index in [-0.39, 0.29) is 35.1 Å². The Morgan fingerprint density at radius 3 is 2.47 bits per heavy atom. The lowest BCUT2D eigenvalue weighted by Crippen LogP contribution is -2.21. The topological polar surface area (TPSA) is 119 Å². The van der Waals surface area contributed by atoms with E-state index in [9.17, 15) is 25.3 Å².